The number of carbonyl (C=O) groups excluding carboxylic acids is 1. The second kappa shape index (κ2) is 9.95. The standard InChI is InChI=1S/C21H29N5O3/c1-4-29-21(27)26-13-11-25(12-14-26)19-15-16(2)23-20(24-19)22-10-9-17-5-7-18(28-3)8-6-17/h5-8,15H,4,9-14H2,1-3H3,(H,22,23,24). The van der Waals surface area contributed by atoms with E-state index in [0.717, 1.165) is 43.3 Å². The predicted molar refractivity (Wildman–Crippen MR) is 113 cm³/mol. The zero-order valence-corrected chi connectivity index (χ0v) is 17.4. The second-order valence-corrected chi connectivity index (χ2v) is 6.89. The van der Waals surface area contributed by atoms with Gasteiger partial charge in [-0.15, -0.1) is 0 Å². The molecule has 0 spiro atoms. The van der Waals surface area contributed by atoms with Gasteiger partial charge in [0.25, 0.3) is 0 Å². The summed E-state index contributed by atoms with van der Waals surface area (Å²) in [5.74, 6) is 2.37. The fourth-order valence-electron chi connectivity index (χ4n) is 3.24. The molecule has 8 nitrogen and oxygen atoms in total. The van der Waals surface area contributed by atoms with Crippen LogP contribution in [0.3, 0.4) is 0 Å². The molecule has 1 aliphatic heterocycles. The molecule has 0 saturated carbocycles. The Hall–Kier alpha value is -3.03. The Kier molecular flexibility index (Phi) is 7.10. The largest absolute Gasteiger partial charge is 0.497 e. The van der Waals surface area contributed by atoms with Crippen LogP contribution in [0.25, 0.3) is 0 Å². The number of amides is 1. The number of aryl methyl sites for hydroxylation is 1. The highest BCUT2D eigenvalue weighted by molar-refractivity contribution is 5.68. The van der Waals surface area contributed by atoms with E-state index in [9.17, 15) is 4.79 Å². The second-order valence-electron chi connectivity index (χ2n) is 6.89. The number of ether oxygens (including phenoxy) is 2. The highest BCUT2D eigenvalue weighted by Crippen LogP contribution is 2.18. The number of rotatable bonds is 7. The van der Waals surface area contributed by atoms with Gasteiger partial charge in [-0.25, -0.2) is 9.78 Å². The van der Waals surface area contributed by atoms with E-state index >= 15 is 0 Å². The van der Waals surface area contributed by atoms with Gasteiger partial charge in [-0.1, -0.05) is 12.1 Å². The number of hydrogen-bond acceptors (Lipinski definition) is 7. The SMILES string of the molecule is CCOC(=O)N1CCN(c2cc(C)nc(NCCc3ccc(OC)cc3)n2)CC1. The van der Waals surface area contributed by atoms with Crippen LogP contribution in [-0.2, 0) is 11.2 Å². The highest BCUT2D eigenvalue weighted by Gasteiger charge is 2.23. The fourth-order valence-corrected chi connectivity index (χ4v) is 3.24. The van der Waals surface area contributed by atoms with Gasteiger partial charge in [0.05, 0.1) is 13.7 Å². The van der Waals surface area contributed by atoms with Crippen molar-refractivity contribution >= 4 is 17.9 Å². The molecule has 1 N–H and O–H groups in total. The molecule has 0 radical (unpaired) electrons. The maximum Gasteiger partial charge on any atom is 0.409 e. The summed E-state index contributed by atoms with van der Waals surface area (Å²) in [6.45, 7) is 7.63. The first-order valence-corrected chi connectivity index (χ1v) is 9.98. The molecule has 1 aromatic carbocycles. The van der Waals surface area contributed by atoms with Crippen LogP contribution in [0.2, 0.25) is 0 Å². The van der Waals surface area contributed by atoms with E-state index < -0.39 is 0 Å². The Labute approximate surface area is 171 Å². The molecule has 0 unspecified atom stereocenters. The number of methoxy groups -OCH3 is 1. The predicted octanol–water partition coefficient (Wildman–Crippen LogP) is 2.73. The van der Waals surface area contributed by atoms with E-state index in [1.807, 2.05) is 32.0 Å². The van der Waals surface area contributed by atoms with Crippen molar-refractivity contribution in [3.8, 4) is 5.75 Å². The number of carbonyl (C=O) groups is 1. The van der Waals surface area contributed by atoms with Gasteiger partial charge in [0, 0.05) is 44.5 Å². The molecule has 1 aliphatic rings. The zero-order chi connectivity index (χ0) is 20.6. The van der Waals surface area contributed by atoms with Gasteiger partial charge < -0.3 is 24.6 Å². The monoisotopic (exact) mass is 399 g/mol. The Balaban J connectivity index is 1.55. The average Bonchev–Trinajstić information content (AvgIpc) is 2.74. The molecule has 3 rings (SSSR count). The molecule has 2 aromatic rings. The van der Waals surface area contributed by atoms with E-state index in [1.54, 1.807) is 12.0 Å². The van der Waals surface area contributed by atoms with Crippen LogP contribution in [0.15, 0.2) is 30.3 Å². The van der Waals surface area contributed by atoms with Gasteiger partial charge in [0.1, 0.15) is 11.6 Å². The number of piperazine rings is 1. The summed E-state index contributed by atoms with van der Waals surface area (Å²) in [5.41, 5.74) is 2.14. The molecule has 0 bridgehead atoms. The first-order valence-electron chi connectivity index (χ1n) is 9.98. The van der Waals surface area contributed by atoms with Crippen molar-refractivity contribution in [3.05, 3.63) is 41.6 Å². The van der Waals surface area contributed by atoms with Crippen molar-refractivity contribution < 1.29 is 14.3 Å². The minimum Gasteiger partial charge on any atom is -0.497 e. The minimum absolute atomic E-state index is 0.244. The van der Waals surface area contributed by atoms with Crippen molar-refractivity contribution in [2.24, 2.45) is 0 Å². The van der Waals surface area contributed by atoms with E-state index in [1.165, 1.54) is 5.56 Å². The zero-order valence-electron chi connectivity index (χ0n) is 17.4. The number of nitrogens with one attached hydrogen (secondary N) is 1. The molecular weight excluding hydrogens is 370 g/mol. The van der Waals surface area contributed by atoms with Gasteiger partial charge in [0.2, 0.25) is 5.95 Å². The summed E-state index contributed by atoms with van der Waals surface area (Å²) < 4.78 is 10.3. The quantitative estimate of drug-likeness (QED) is 0.767. The molecule has 2 heterocycles. The summed E-state index contributed by atoms with van der Waals surface area (Å²) in [6, 6.07) is 10.0. The highest BCUT2D eigenvalue weighted by atomic mass is 16.6. The number of aromatic nitrogens is 2. The van der Waals surface area contributed by atoms with Crippen LogP contribution in [0.1, 0.15) is 18.2 Å². The first kappa shape index (κ1) is 20.7. The lowest BCUT2D eigenvalue weighted by Gasteiger charge is -2.34. The number of benzene rings is 1. The smallest absolute Gasteiger partial charge is 0.409 e. The molecule has 8 heteroatoms. The molecule has 1 fully saturated rings. The van der Waals surface area contributed by atoms with E-state index in [2.05, 4.69) is 32.3 Å². The van der Waals surface area contributed by atoms with Crippen LogP contribution in [0.5, 0.6) is 5.75 Å². The lowest BCUT2D eigenvalue weighted by molar-refractivity contribution is 0.105. The minimum atomic E-state index is -0.244. The Morgan fingerprint density at radius 3 is 2.52 bits per heavy atom. The molecule has 1 amide bonds. The third-order valence-corrected chi connectivity index (χ3v) is 4.83. The van der Waals surface area contributed by atoms with Crippen molar-refractivity contribution in [2.75, 3.05) is 56.7 Å². The number of anilines is 2. The topological polar surface area (TPSA) is 79.8 Å². The maximum absolute atomic E-state index is 11.9. The number of hydrogen-bond donors (Lipinski definition) is 1. The first-order chi connectivity index (χ1) is 14.1. The van der Waals surface area contributed by atoms with Crippen molar-refractivity contribution in [1.29, 1.82) is 0 Å². The molecule has 29 heavy (non-hydrogen) atoms. The number of nitrogens with zero attached hydrogens (tertiary/aromatic N) is 4. The molecular formula is C21H29N5O3. The maximum atomic E-state index is 11.9. The van der Waals surface area contributed by atoms with Crippen molar-refractivity contribution in [1.82, 2.24) is 14.9 Å². The third-order valence-electron chi connectivity index (χ3n) is 4.83. The Morgan fingerprint density at radius 2 is 1.86 bits per heavy atom. The Morgan fingerprint density at radius 1 is 1.14 bits per heavy atom. The van der Waals surface area contributed by atoms with Gasteiger partial charge >= 0.3 is 6.09 Å². The lowest BCUT2D eigenvalue weighted by atomic mass is 10.1. The summed E-state index contributed by atoms with van der Waals surface area (Å²) >= 11 is 0. The van der Waals surface area contributed by atoms with Crippen LogP contribution < -0.4 is 15.0 Å². The normalized spacial score (nSPS) is 13.9. The summed E-state index contributed by atoms with van der Waals surface area (Å²) in [6.07, 6.45) is 0.626. The average molecular weight is 399 g/mol. The third kappa shape index (κ3) is 5.73. The summed E-state index contributed by atoms with van der Waals surface area (Å²) in [7, 11) is 1.67. The van der Waals surface area contributed by atoms with Crippen molar-refractivity contribution in [3.63, 3.8) is 0 Å². The Bertz CT molecular complexity index is 804. The summed E-state index contributed by atoms with van der Waals surface area (Å²) in [4.78, 5) is 25.0. The summed E-state index contributed by atoms with van der Waals surface area (Å²) in [5, 5.41) is 3.32. The van der Waals surface area contributed by atoms with Crippen molar-refractivity contribution in [2.45, 2.75) is 20.3 Å². The van der Waals surface area contributed by atoms with Crippen LogP contribution >= 0.6 is 0 Å². The molecule has 0 atom stereocenters. The van der Waals surface area contributed by atoms with Crippen LogP contribution in [0.4, 0.5) is 16.6 Å². The van der Waals surface area contributed by atoms with Gasteiger partial charge in [0.15, 0.2) is 0 Å². The van der Waals surface area contributed by atoms with Gasteiger partial charge in [-0.3, -0.25) is 0 Å². The van der Waals surface area contributed by atoms with E-state index in [-0.39, 0.29) is 6.09 Å². The van der Waals surface area contributed by atoms with Gasteiger partial charge in [-0.05, 0) is 38.0 Å². The fraction of sp³-hybridized carbons (Fsp3) is 0.476. The molecule has 1 aromatic heterocycles. The van der Waals surface area contributed by atoms with Gasteiger partial charge in [-0.2, -0.15) is 4.98 Å². The van der Waals surface area contributed by atoms with E-state index in [0.29, 0.717) is 25.6 Å². The van der Waals surface area contributed by atoms with Crippen LogP contribution in [0, 0.1) is 6.92 Å². The molecule has 0 aliphatic carbocycles. The molecule has 1 saturated heterocycles. The van der Waals surface area contributed by atoms with E-state index in [4.69, 9.17) is 9.47 Å². The lowest BCUT2D eigenvalue weighted by Crippen LogP contribution is -2.49. The van der Waals surface area contributed by atoms with Crippen LogP contribution in [-0.4, -0.2) is 67.4 Å². The molecule has 156 valence electrons.